The number of imidazole rings is 1. The number of anilines is 1. The maximum Gasteiger partial charge on any atom is 0.167 e. The van der Waals surface area contributed by atoms with Gasteiger partial charge in [-0.1, -0.05) is 13.8 Å². The number of nitrogens with zero attached hydrogens (tertiary/aromatic N) is 4. The van der Waals surface area contributed by atoms with E-state index < -0.39 is 13.3 Å². The molecule has 0 radical (unpaired) electrons. The number of rotatable bonds is 7. The van der Waals surface area contributed by atoms with Crippen LogP contribution >= 0.6 is 7.60 Å². The lowest BCUT2D eigenvalue weighted by molar-refractivity contribution is -0.204. The van der Waals surface area contributed by atoms with Gasteiger partial charge < -0.3 is 24.5 Å². The van der Waals surface area contributed by atoms with E-state index in [0.29, 0.717) is 36.2 Å². The van der Waals surface area contributed by atoms with Crippen molar-refractivity contribution in [3.8, 4) is 0 Å². The van der Waals surface area contributed by atoms with Crippen molar-refractivity contribution in [3.05, 3.63) is 12.7 Å². The van der Waals surface area contributed by atoms with Gasteiger partial charge in [0.2, 0.25) is 0 Å². The minimum atomic E-state index is -3.87. The lowest BCUT2D eigenvalue weighted by Gasteiger charge is -2.31. The third-order valence-corrected chi connectivity index (χ3v) is 6.75. The molecule has 3 rings (SSSR count). The highest BCUT2D eigenvalue weighted by Crippen LogP contribution is 2.46. The number of aromatic nitrogens is 4. The molecule has 0 bridgehead atoms. The Morgan fingerprint density at radius 3 is 2.88 bits per heavy atom. The summed E-state index contributed by atoms with van der Waals surface area (Å²) in [4.78, 5) is 24.5. The molecule has 3 atom stereocenters. The molecule has 138 valence electrons. The zero-order valence-electron chi connectivity index (χ0n) is 14.4. The van der Waals surface area contributed by atoms with Crippen molar-refractivity contribution in [2.45, 2.75) is 57.5 Å². The molecule has 1 aliphatic heterocycles. The van der Waals surface area contributed by atoms with Crippen molar-refractivity contribution in [1.29, 1.82) is 0 Å². The SMILES string of the molecule is CCC(CC)P(=O)([O-])OC[C@@H]1CC[C@H](n2cnc3c(N)ncnc32)O1. The number of nitrogen functional groups attached to an aromatic ring is 1. The van der Waals surface area contributed by atoms with E-state index in [-0.39, 0.29) is 18.9 Å². The second kappa shape index (κ2) is 7.37. The first kappa shape index (κ1) is 18.3. The van der Waals surface area contributed by atoms with Gasteiger partial charge in [-0.25, -0.2) is 15.0 Å². The smallest absolute Gasteiger partial charge is 0.167 e. The van der Waals surface area contributed by atoms with E-state index in [9.17, 15) is 9.46 Å². The van der Waals surface area contributed by atoms with Gasteiger partial charge in [0.05, 0.1) is 19.0 Å². The van der Waals surface area contributed by atoms with Crippen LogP contribution < -0.4 is 10.6 Å². The fourth-order valence-electron chi connectivity index (χ4n) is 3.12. The monoisotopic (exact) mass is 368 g/mol. The van der Waals surface area contributed by atoms with Crippen LogP contribution in [0.3, 0.4) is 0 Å². The Kier molecular flexibility index (Phi) is 5.38. The fourth-order valence-corrected chi connectivity index (χ4v) is 4.60. The molecule has 0 aliphatic carbocycles. The molecule has 10 heteroatoms. The normalized spacial score (nSPS) is 23.4. The molecule has 1 saturated heterocycles. The first-order chi connectivity index (χ1) is 12.0. The van der Waals surface area contributed by atoms with E-state index in [4.69, 9.17) is 15.0 Å². The van der Waals surface area contributed by atoms with Crippen molar-refractivity contribution >= 4 is 24.6 Å². The van der Waals surface area contributed by atoms with Crippen molar-refractivity contribution in [2.24, 2.45) is 0 Å². The van der Waals surface area contributed by atoms with Crippen LogP contribution in [0.5, 0.6) is 0 Å². The van der Waals surface area contributed by atoms with Crippen molar-refractivity contribution in [2.75, 3.05) is 12.3 Å². The summed E-state index contributed by atoms with van der Waals surface area (Å²) >= 11 is 0. The van der Waals surface area contributed by atoms with Crippen LogP contribution in [0.1, 0.15) is 45.8 Å². The van der Waals surface area contributed by atoms with Crippen LogP contribution in [-0.4, -0.2) is 37.9 Å². The molecule has 2 aromatic heterocycles. The van der Waals surface area contributed by atoms with Crippen molar-refractivity contribution in [3.63, 3.8) is 0 Å². The van der Waals surface area contributed by atoms with Gasteiger partial charge in [-0.05, 0) is 25.7 Å². The van der Waals surface area contributed by atoms with Crippen LogP contribution in [0.25, 0.3) is 11.2 Å². The van der Waals surface area contributed by atoms with Gasteiger partial charge in [-0.15, -0.1) is 0 Å². The number of hydrogen-bond acceptors (Lipinski definition) is 8. The topological polar surface area (TPSA) is 128 Å². The summed E-state index contributed by atoms with van der Waals surface area (Å²) in [7, 11) is -3.87. The van der Waals surface area contributed by atoms with Gasteiger partial charge in [0, 0.05) is 5.66 Å². The first-order valence-corrected chi connectivity index (χ1v) is 10.1. The second-order valence-electron chi connectivity index (χ2n) is 6.18. The summed E-state index contributed by atoms with van der Waals surface area (Å²) < 4.78 is 25.1. The van der Waals surface area contributed by atoms with Gasteiger partial charge in [-0.2, -0.15) is 0 Å². The Morgan fingerprint density at radius 1 is 1.40 bits per heavy atom. The largest absolute Gasteiger partial charge is 0.778 e. The predicted octanol–water partition coefficient (Wildman–Crippen LogP) is 1.84. The highest BCUT2D eigenvalue weighted by molar-refractivity contribution is 7.52. The van der Waals surface area contributed by atoms with E-state index in [1.54, 1.807) is 10.9 Å². The lowest BCUT2D eigenvalue weighted by atomic mass is 10.2. The molecule has 0 spiro atoms. The first-order valence-electron chi connectivity index (χ1n) is 8.50. The second-order valence-corrected chi connectivity index (χ2v) is 8.25. The van der Waals surface area contributed by atoms with E-state index in [1.807, 2.05) is 13.8 Å². The molecular weight excluding hydrogens is 345 g/mol. The number of nitrogens with two attached hydrogens (primary N) is 1. The quantitative estimate of drug-likeness (QED) is 0.733. The number of fused-ring (bicyclic) bond motifs is 1. The third-order valence-electron chi connectivity index (χ3n) is 4.61. The van der Waals surface area contributed by atoms with Crippen LogP contribution in [0.15, 0.2) is 12.7 Å². The van der Waals surface area contributed by atoms with Crippen LogP contribution in [0, 0.1) is 0 Å². The number of hydrogen-bond donors (Lipinski definition) is 1. The summed E-state index contributed by atoms with van der Waals surface area (Å²) in [6, 6.07) is 0. The van der Waals surface area contributed by atoms with E-state index in [2.05, 4.69) is 15.0 Å². The molecule has 2 aromatic rings. The summed E-state index contributed by atoms with van der Waals surface area (Å²) in [6.45, 7) is 3.74. The maximum atomic E-state index is 12.2. The highest BCUT2D eigenvalue weighted by atomic mass is 31.2. The predicted molar refractivity (Wildman–Crippen MR) is 90.8 cm³/mol. The van der Waals surface area contributed by atoms with Gasteiger partial charge in [0.1, 0.15) is 25.7 Å². The molecule has 2 N–H and O–H groups in total. The maximum absolute atomic E-state index is 12.2. The summed E-state index contributed by atoms with van der Waals surface area (Å²) in [5.41, 5.74) is 6.48. The minimum absolute atomic E-state index is 0.0392. The van der Waals surface area contributed by atoms with Crippen molar-refractivity contribution in [1.82, 2.24) is 19.5 Å². The lowest BCUT2D eigenvalue weighted by Crippen LogP contribution is -2.23. The molecular formula is C15H23N5O4P-. The Hall–Kier alpha value is -1.54. The van der Waals surface area contributed by atoms with E-state index in [1.165, 1.54) is 6.33 Å². The standard InChI is InChI=1S/C15H24N5O4P/c1-3-11(4-2)25(21,22)23-7-10-5-6-12(24-10)20-9-19-13-14(16)17-8-18-15(13)20/h8-12H,3-7H2,1-2H3,(H,21,22)(H2,16,17,18)/p-1/t10-,12+/m0/s1. The molecule has 9 nitrogen and oxygen atoms in total. The van der Waals surface area contributed by atoms with E-state index in [0.717, 1.165) is 6.42 Å². The highest BCUT2D eigenvalue weighted by Gasteiger charge is 2.30. The Morgan fingerprint density at radius 2 is 2.16 bits per heavy atom. The Labute approximate surface area is 146 Å². The van der Waals surface area contributed by atoms with Gasteiger partial charge >= 0.3 is 0 Å². The average molecular weight is 368 g/mol. The molecule has 0 amide bonds. The molecule has 1 unspecified atom stereocenters. The summed E-state index contributed by atoms with van der Waals surface area (Å²) in [5, 5.41) is 0. The van der Waals surface area contributed by atoms with Crippen molar-refractivity contribution < 1.29 is 18.7 Å². The van der Waals surface area contributed by atoms with Crippen LogP contribution in [0.2, 0.25) is 0 Å². The molecule has 0 aromatic carbocycles. The van der Waals surface area contributed by atoms with E-state index >= 15 is 0 Å². The van der Waals surface area contributed by atoms with Gasteiger partial charge in [-0.3, -0.25) is 4.57 Å². The zero-order valence-corrected chi connectivity index (χ0v) is 15.3. The third kappa shape index (κ3) is 3.69. The Balaban J connectivity index is 1.64. The molecule has 3 heterocycles. The average Bonchev–Trinajstić information content (AvgIpc) is 3.21. The number of ether oxygens (including phenoxy) is 1. The summed E-state index contributed by atoms with van der Waals surface area (Å²) in [6.07, 6.45) is 4.97. The zero-order chi connectivity index (χ0) is 18.0. The molecule has 0 saturated carbocycles. The Bertz CT molecular complexity index is 778. The molecule has 1 aliphatic rings. The van der Waals surface area contributed by atoms with Crippen LogP contribution in [-0.2, 0) is 13.8 Å². The van der Waals surface area contributed by atoms with Gasteiger partial charge in [0.15, 0.2) is 11.5 Å². The minimum Gasteiger partial charge on any atom is -0.778 e. The van der Waals surface area contributed by atoms with Gasteiger partial charge in [0.25, 0.3) is 0 Å². The van der Waals surface area contributed by atoms with Crippen LogP contribution in [0.4, 0.5) is 5.82 Å². The molecule has 25 heavy (non-hydrogen) atoms. The summed E-state index contributed by atoms with van der Waals surface area (Å²) in [5.74, 6) is 0.319. The molecule has 1 fully saturated rings. The fraction of sp³-hybridized carbons (Fsp3) is 0.667.